The Balaban J connectivity index is 1.80. The largest absolute Gasteiger partial charge is 0.505 e. The normalized spacial score (nSPS) is 10.8. The highest BCUT2D eigenvalue weighted by Crippen LogP contribution is 2.21. The van der Waals surface area contributed by atoms with Crippen LogP contribution >= 0.6 is 11.6 Å². The van der Waals surface area contributed by atoms with Crippen LogP contribution in [0.2, 0.25) is 5.02 Å². The van der Waals surface area contributed by atoms with Crippen LogP contribution in [-0.2, 0) is 13.1 Å². The zero-order valence-corrected chi connectivity index (χ0v) is 17.3. The number of hydrogen-bond acceptors (Lipinski definition) is 6. The van der Waals surface area contributed by atoms with Crippen LogP contribution in [0.4, 0.5) is 16.0 Å². The van der Waals surface area contributed by atoms with E-state index in [0.717, 1.165) is 22.3 Å². The quantitative estimate of drug-likeness (QED) is 0.435. The van der Waals surface area contributed by atoms with E-state index in [-0.39, 0.29) is 24.7 Å². The number of phenolic OH excluding ortho intramolecular Hbond substituents is 1. The summed E-state index contributed by atoms with van der Waals surface area (Å²) in [5.41, 5.74) is 0.0650. The molecule has 0 radical (unpaired) electrons. The summed E-state index contributed by atoms with van der Waals surface area (Å²) in [5, 5.41) is 12.7. The van der Waals surface area contributed by atoms with E-state index in [0.29, 0.717) is 10.7 Å². The fourth-order valence-electron chi connectivity index (χ4n) is 3.04. The van der Waals surface area contributed by atoms with Gasteiger partial charge in [0.1, 0.15) is 0 Å². The third kappa shape index (κ3) is 4.68. The maximum Gasteiger partial charge on any atom is 0.355 e. The lowest BCUT2D eigenvalue weighted by Crippen LogP contribution is -2.43. The average molecular weight is 454 g/mol. The summed E-state index contributed by atoms with van der Waals surface area (Å²) >= 11 is 5.95. The van der Waals surface area contributed by atoms with Crippen LogP contribution in [0.1, 0.15) is 11.3 Å². The van der Waals surface area contributed by atoms with E-state index in [1.54, 1.807) is 48.7 Å². The number of nitrogens with one attached hydrogen (secondary N) is 1. The Labute approximate surface area is 186 Å². The number of pyridine rings is 1. The van der Waals surface area contributed by atoms with Gasteiger partial charge in [0.25, 0.3) is 0 Å². The Hall–Kier alpha value is -3.98. The highest BCUT2D eigenvalue weighted by Gasteiger charge is 2.15. The topological polar surface area (TPSA) is 102 Å². The third-order valence-corrected chi connectivity index (χ3v) is 4.91. The first-order valence-corrected chi connectivity index (χ1v) is 9.90. The molecule has 4 aromatic rings. The van der Waals surface area contributed by atoms with Gasteiger partial charge in [-0.2, -0.15) is 4.98 Å². The summed E-state index contributed by atoms with van der Waals surface area (Å²) in [5.74, 6) is -1.45. The van der Waals surface area contributed by atoms with Crippen LogP contribution in [0.25, 0.3) is 0 Å². The maximum atomic E-state index is 13.8. The van der Waals surface area contributed by atoms with E-state index < -0.39 is 22.9 Å². The molecular formula is C22H17ClFN5O3. The molecule has 0 amide bonds. The van der Waals surface area contributed by atoms with Gasteiger partial charge in [-0.3, -0.25) is 9.55 Å². The molecule has 0 bridgehead atoms. The van der Waals surface area contributed by atoms with Gasteiger partial charge in [0.15, 0.2) is 11.6 Å². The number of benzene rings is 2. The van der Waals surface area contributed by atoms with Crippen molar-refractivity contribution >= 4 is 23.2 Å². The Morgan fingerprint density at radius 2 is 1.78 bits per heavy atom. The van der Waals surface area contributed by atoms with Crippen molar-refractivity contribution in [3.8, 4) is 5.75 Å². The van der Waals surface area contributed by atoms with Crippen LogP contribution in [0.15, 0.2) is 76.4 Å². The van der Waals surface area contributed by atoms with E-state index in [9.17, 15) is 19.1 Å². The summed E-state index contributed by atoms with van der Waals surface area (Å²) in [4.78, 5) is 34.1. The van der Waals surface area contributed by atoms with Crippen LogP contribution in [0, 0.1) is 5.82 Å². The monoisotopic (exact) mass is 453 g/mol. The molecule has 0 aliphatic carbocycles. The summed E-state index contributed by atoms with van der Waals surface area (Å²) in [7, 11) is 0. The zero-order valence-electron chi connectivity index (χ0n) is 16.6. The molecule has 0 aliphatic rings. The van der Waals surface area contributed by atoms with Crippen molar-refractivity contribution in [2.75, 3.05) is 5.32 Å². The second-order valence-electron chi connectivity index (χ2n) is 6.91. The van der Waals surface area contributed by atoms with Crippen molar-refractivity contribution in [3.05, 3.63) is 110 Å². The highest BCUT2D eigenvalue weighted by atomic mass is 35.5. The van der Waals surface area contributed by atoms with Gasteiger partial charge < -0.3 is 10.4 Å². The Morgan fingerprint density at radius 3 is 2.47 bits per heavy atom. The molecule has 0 atom stereocenters. The predicted octanol–water partition coefficient (Wildman–Crippen LogP) is 3.14. The molecule has 8 nitrogen and oxygen atoms in total. The SMILES string of the molecule is O=c1nc(Nc2ccc(O)c(F)c2)n(Cc2ccc(Cl)cc2)c(=O)n1Cc1ccccn1. The number of hydrogen-bond donors (Lipinski definition) is 2. The van der Waals surface area contributed by atoms with E-state index in [4.69, 9.17) is 11.6 Å². The van der Waals surface area contributed by atoms with E-state index in [1.807, 2.05) is 0 Å². The lowest BCUT2D eigenvalue weighted by molar-refractivity contribution is 0.432. The smallest absolute Gasteiger partial charge is 0.355 e. The van der Waals surface area contributed by atoms with Gasteiger partial charge in [-0.15, -0.1) is 0 Å². The van der Waals surface area contributed by atoms with Crippen molar-refractivity contribution in [3.63, 3.8) is 0 Å². The lowest BCUT2D eigenvalue weighted by Gasteiger charge is -2.16. The molecule has 32 heavy (non-hydrogen) atoms. The molecule has 2 N–H and O–H groups in total. The van der Waals surface area contributed by atoms with Gasteiger partial charge in [-0.1, -0.05) is 29.8 Å². The average Bonchev–Trinajstić information content (AvgIpc) is 2.78. The molecule has 0 saturated carbocycles. The summed E-state index contributed by atoms with van der Waals surface area (Å²) in [6.07, 6.45) is 1.56. The van der Waals surface area contributed by atoms with Crippen LogP contribution in [-0.4, -0.2) is 24.2 Å². The van der Waals surface area contributed by atoms with Gasteiger partial charge in [-0.05, 0) is 42.0 Å². The van der Waals surface area contributed by atoms with Gasteiger partial charge >= 0.3 is 11.4 Å². The minimum Gasteiger partial charge on any atom is -0.505 e. The minimum absolute atomic E-state index is 0.0553. The molecule has 0 spiro atoms. The molecule has 2 aromatic heterocycles. The number of anilines is 2. The fourth-order valence-corrected chi connectivity index (χ4v) is 3.17. The molecule has 0 saturated heterocycles. The number of phenols is 1. The Morgan fingerprint density at radius 1 is 1.00 bits per heavy atom. The number of rotatable bonds is 6. The van der Waals surface area contributed by atoms with Crippen LogP contribution in [0.5, 0.6) is 5.75 Å². The van der Waals surface area contributed by atoms with Gasteiger partial charge in [0.2, 0.25) is 5.95 Å². The summed E-state index contributed by atoms with van der Waals surface area (Å²) in [6.45, 7) is 0.0225. The first kappa shape index (κ1) is 21.3. The summed E-state index contributed by atoms with van der Waals surface area (Å²) < 4.78 is 16.0. The molecule has 162 valence electrons. The van der Waals surface area contributed by atoms with Gasteiger partial charge in [-0.25, -0.2) is 18.5 Å². The molecule has 2 aromatic carbocycles. The molecule has 0 fully saturated rings. The first-order valence-electron chi connectivity index (χ1n) is 9.52. The first-order chi connectivity index (χ1) is 15.4. The number of halogens is 2. The van der Waals surface area contributed by atoms with Crippen LogP contribution in [0.3, 0.4) is 0 Å². The molecule has 0 unspecified atom stereocenters. The van der Waals surface area contributed by atoms with E-state index >= 15 is 0 Å². The van der Waals surface area contributed by atoms with Crippen molar-refractivity contribution < 1.29 is 9.50 Å². The highest BCUT2D eigenvalue weighted by molar-refractivity contribution is 6.30. The Bertz CT molecular complexity index is 1370. The molecule has 10 heteroatoms. The van der Waals surface area contributed by atoms with E-state index in [1.165, 1.54) is 10.6 Å². The second kappa shape index (κ2) is 9.03. The molecule has 4 rings (SSSR count). The second-order valence-corrected chi connectivity index (χ2v) is 7.35. The number of nitrogens with zero attached hydrogens (tertiary/aromatic N) is 4. The van der Waals surface area contributed by atoms with Gasteiger partial charge in [0.05, 0.1) is 18.8 Å². The standard InChI is InChI=1S/C22H17ClFN5O3/c23-15-6-4-14(5-7-15)12-28-20(26-16-8-9-19(30)18(24)11-16)27-21(31)29(22(28)32)13-17-3-1-2-10-25-17/h1-11,30H,12-13H2,(H,26,27,31). The van der Waals surface area contributed by atoms with Crippen LogP contribution < -0.4 is 16.7 Å². The number of aromatic hydroxyl groups is 1. The zero-order chi connectivity index (χ0) is 22.7. The van der Waals surface area contributed by atoms with Crippen molar-refractivity contribution in [1.29, 1.82) is 0 Å². The van der Waals surface area contributed by atoms with E-state index in [2.05, 4.69) is 15.3 Å². The maximum absolute atomic E-state index is 13.8. The molecule has 0 aliphatic heterocycles. The van der Waals surface area contributed by atoms with Crippen molar-refractivity contribution in [1.82, 2.24) is 19.1 Å². The van der Waals surface area contributed by atoms with Gasteiger partial charge in [0, 0.05) is 23.0 Å². The number of aromatic nitrogens is 4. The predicted molar refractivity (Wildman–Crippen MR) is 118 cm³/mol. The summed E-state index contributed by atoms with van der Waals surface area (Å²) in [6, 6.07) is 15.6. The fraction of sp³-hybridized carbons (Fsp3) is 0.0909. The minimum atomic E-state index is -0.856. The molecular weight excluding hydrogens is 437 g/mol. The third-order valence-electron chi connectivity index (χ3n) is 4.65. The van der Waals surface area contributed by atoms with Crippen molar-refractivity contribution in [2.45, 2.75) is 13.1 Å². The van der Waals surface area contributed by atoms with Crippen molar-refractivity contribution in [2.24, 2.45) is 0 Å². The lowest BCUT2D eigenvalue weighted by atomic mass is 10.2. The Kier molecular flexibility index (Phi) is 6.00. The molecule has 2 heterocycles.